The normalized spacial score (nSPS) is 16.0. The number of nitrogens with one attached hydrogen (secondary N) is 2. The Morgan fingerprint density at radius 1 is 1.30 bits per heavy atom. The molecule has 0 spiro atoms. The Balaban J connectivity index is 1.73. The van der Waals surface area contributed by atoms with Gasteiger partial charge in [-0.3, -0.25) is 9.69 Å². The van der Waals surface area contributed by atoms with Crippen LogP contribution in [0.5, 0.6) is 0 Å². The second-order valence-corrected chi connectivity index (χ2v) is 6.38. The van der Waals surface area contributed by atoms with Crippen LogP contribution >= 0.6 is 11.6 Å². The average Bonchev–Trinajstić information content (AvgIpc) is 2.49. The van der Waals surface area contributed by atoms with Crippen molar-refractivity contribution in [3.8, 4) is 0 Å². The second-order valence-electron chi connectivity index (χ2n) is 5.95. The molecule has 0 saturated carbocycles. The standard InChI is InChI=1S/C16H23ClN4O2/c1-20(2)15(22)11-21-8-6-13(7-9-21)18-16(23)19-14-5-3-4-12(17)10-14/h3-5,10,13H,6-9,11H2,1-2H3,(H2,18,19,23). The van der Waals surface area contributed by atoms with Crippen LogP contribution in [0, 0.1) is 0 Å². The number of halogens is 1. The summed E-state index contributed by atoms with van der Waals surface area (Å²) in [6.45, 7) is 2.05. The first-order chi connectivity index (χ1) is 10.9. The van der Waals surface area contributed by atoms with E-state index in [9.17, 15) is 9.59 Å². The highest BCUT2D eigenvalue weighted by atomic mass is 35.5. The van der Waals surface area contributed by atoms with Crippen LogP contribution in [-0.4, -0.2) is 61.5 Å². The first kappa shape index (κ1) is 17.6. The Morgan fingerprint density at radius 3 is 2.61 bits per heavy atom. The van der Waals surface area contributed by atoms with Gasteiger partial charge < -0.3 is 15.5 Å². The third-order valence-electron chi connectivity index (χ3n) is 3.86. The lowest BCUT2D eigenvalue weighted by Gasteiger charge is -2.32. The van der Waals surface area contributed by atoms with E-state index in [1.165, 1.54) is 0 Å². The van der Waals surface area contributed by atoms with E-state index >= 15 is 0 Å². The SMILES string of the molecule is CN(C)C(=O)CN1CCC(NC(=O)Nc2cccc(Cl)c2)CC1. The lowest BCUT2D eigenvalue weighted by molar-refractivity contribution is -0.130. The minimum absolute atomic E-state index is 0.107. The minimum Gasteiger partial charge on any atom is -0.348 e. The molecule has 1 aliphatic rings. The van der Waals surface area contributed by atoms with Crippen LogP contribution in [0.2, 0.25) is 5.02 Å². The molecule has 1 aromatic rings. The molecule has 126 valence electrons. The van der Waals surface area contributed by atoms with Gasteiger partial charge in [0.15, 0.2) is 0 Å². The van der Waals surface area contributed by atoms with Gasteiger partial charge in [-0.2, -0.15) is 0 Å². The van der Waals surface area contributed by atoms with Crippen LogP contribution in [0.15, 0.2) is 24.3 Å². The van der Waals surface area contributed by atoms with Crippen molar-refractivity contribution in [3.63, 3.8) is 0 Å². The summed E-state index contributed by atoms with van der Waals surface area (Å²) in [6, 6.07) is 6.94. The third-order valence-corrected chi connectivity index (χ3v) is 4.10. The molecule has 6 nitrogen and oxygen atoms in total. The van der Waals surface area contributed by atoms with E-state index in [1.807, 2.05) is 0 Å². The molecule has 2 N–H and O–H groups in total. The van der Waals surface area contributed by atoms with Crippen molar-refractivity contribution in [3.05, 3.63) is 29.3 Å². The number of carbonyl (C=O) groups excluding carboxylic acids is 2. The maximum absolute atomic E-state index is 12.0. The maximum atomic E-state index is 12.0. The van der Waals surface area contributed by atoms with E-state index in [1.54, 1.807) is 43.3 Å². The van der Waals surface area contributed by atoms with Gasteiger partial charge in [0.05, 0.1) is 6.54 Å². The molecule has 3 amide bonds. The van der Waals surface area contributed by atoms with E-state index in [0.29, 0.717) is 17.3 Å². The number of likely N-dealkylation sites (N-methyl/N-ethyl adjacent to an activating group) is 1. The molecular formula is C16H23ClN4O2. The molecule has 1 saturated heterocycles. The topological polar surface area (TPSA) is 64.7 Å². The molecule has 1 fully saturated rings. The zero-order chi connectivity index (χ0) is 16.8. The molecule has 1 aliphatic heterocycles. The van der Waals surface area contributed by atoms with Crippen LogP contribution in [0.25, 0.3) is 0 Å². The molecule has 23 heavy (non-hydrogen) atoms. The predicted octanol–water partition coefficient (Wildman–Crippen LogP) is 2.01. The fraction of sp³-hybridized carbons (Fsp3) is 0.500. The summed E-state index contributed by atoms with van der Waals surface area (Å²) in [5.74, 6) is 0.107. The van der Waals surface area contributed by atoms with Gasteiger partial charge in [-0.15, -0.1) is 0 Å². The fourth-order valence-electron chi connectivity index (χ4n) is 2.49. The number of piperidine rings is 1. The summed E-state index contributed by atoms with van der Waals surface area (Å²) in [6.07, 6.45) is 1.67. The van der Waals surface area contributed by atoms with Crippen molar-refractivity contribution in [1.82, 2.24) is 15.1 Å². The van der Waals surface area contributed by atoms with Crippen molar-refractivity contribution in [1.29, 1.82) is 0 Å². The molecule has 0 radical (unpaired) electrons. The molecule has 1 aromatic carbocycles. The van der Waals surface area contributed by atoms with Crippen LogP contribution in [-0.2, 0) is 4.79 Å². The van der Waals surface area contributed by atoms with Gasteiger partial charge >= 0.3 is 6.03 Å². The van der Waals surface area contributed by atoms with Crippen molar-refractivity contribution in [2.75, 3.05) is 39.0 Å². The van der Waals surface area contributed by atoms with Gasteiger partial charge in [-0.25, -0.2) is 4.79 Å². The number of benzene rings is 1. The number of urea groups is 1. The first-order valence-corrected chi connectivity index (χ1v) is 8.07. The highest BCUT2D eigenvalue weighted by Gasteiger charge is 2.22. The number of hydrogen-bond acceptors (Lipinski definition) is 3. The van der Waals surface area contributed by atoms with Crippen LogP contribution in [0.3, 0.4) is 0 Å². The number of carbonyl (C=O) groups is 2. The summed E-state index contributed by atoms with van der Waals surface area (Å²) in [5.41, 5.74) is 0.670. The smallest absolute Gasteiger partial charge is 0.319 e. The van der Waals surface area contributed by atoms with Gasteiger partial charge in [0.1, 0.15) is 0 Å². The first-order valence-electron chi connectivity index (χ1n) is 7.69. The summed E-state index contributed by atoms with van der Waals surface area (Å²) in [7, 11) is 3.52. The Morgan fingerprint density at radius 2 is 2.00 bits per heavy atom. The molecule has 2 rings (SSSR count). The minimum atomic E-state index is -0.227. The fourth-order valence-corrected chi connectivity index (χ4v) is 2.68. The molecule has 0 atom stereocenters. The molecule has 7 heteroatoms. The zero-order valence-corrected chi connectivity index (χ0v) is 14.3. The summed E-state index contributed by atoms with van der Waals surface area (Å²) in [5, 5.41) is 6.33. The Kier molecular flexibility index (Phi) is 6.24. The van der Waals surface area contributed by atoms with Crippen molar-refractivity contribution >= 4 is 29.2 Å². The Labute approximate surface area is 141 Å². The van der Waals surface area contributed by atoms with Crippen LogP contribution < -0.4 is 10.6 Å². The molecular weight excluding hydrogens is 316 g/mol. The predicted molar refractivity (Wildman–Crippen MR) is 91.8 cm³/mol. The summed E-state index contributed by atoms with van der Waals surface area (Å²) in [4.78, 5) is 27.4. The van der Waals surface area contributed by atoms with Gasteiger partial charge in [-0.05, 0) is 31.0 Å². The van der Waals surface area contributed by atoms with E-state index in [2.05, 4.69) is 15.5 Å². The highest BCUT2D eigenvalue weighted by molar-refractivity contribution is 6.30. The molecule has 0 aromatic heterocycles. The highest BCUT2D eigenvalue weighted by Crippen LogP contribution is 2.15. The third kappa shape index (κ3) is 5.73. The zero-order valence-electron chi connectivity index (χ0n) is 13.5. The lowest BCUT2D eigenvalue weighted by atomic mass is 10.1. The molecule has 0 bridgehead atoms. The number of nitrogens with zero attached hydrogens (tertiary/aromatic N) is 2. The van der Waals surface area contributed by atoms with Gasteiger partial charge in [-0.1, -0.05) is 17.7 Å². The van der Waals surface area contributed by atoms with E-state index in [-0.39, 0.29) is 18.0 Å². The largest absolute Gasteiger partial charge is 0.348 e. The van der Waals surface area contributed by atoms with Crippen molar-refractivity contribution < 1.29 is 9.59 Å². The monoisotopic (exact) mass is 338 g/mol. The number of rotatable bonds is 4. The van der Waals surface area contributed by atoms with Crippen LogP contribution in [0.4, 0.5) is 10.5 Å². The number of anilines is 1. The van der Waals surface area contributed by atoms with Gasteiger partial charge in [0.2, 0.25) is 5.91 Å². The quantitative estimate of drug-likeness (QED) is 0.882. The van der Waals surface area contributed by atoms with E-state index < -0.39 is 0 Å². The van der Waals surface area contributed by atoms with Crippen molar-refractivity contribution in [2.45, 2.75) is 18.9 Å². The van der Waals surface area contributed by atoms with Crippen LogP contribution in [0.1, 0.15) is 12.8 Å². The lowest BCUT2D eigenvalue weighted by Crippen LogP contribution is -2.48. The van der Waals surface area contributed by atoms with Crippen molar-refractivity contribution in [2.24, 2.45) is 0 Å². The average molecular weight is 339 g/mol. The van der Waals surface area contributed by atoms with E-state index in [4.69, 9.17) is 11.6 Å². The molecule has 0 aliphatic carbocycles. The van der Waals surface area contributed by atoms with Gasteiger partial charge in [0, 0.05) is 43.9 Å². The molecule has 1 heterocycles. The van der Waals surface area contributed by atoms with E-state index in [0.717, 1.165) is 25.9 Å². The Hall–Kier alpha value is -1.79. The van der Waals surface area contributed by atoms with Gasteiger partial charge in [0.25, 0.3) is 0 Å². The summed E-state index contributed by atoms with van der Waals surface area (Å²) < 4.78 is 0. The maximum Gasteiger partial charge on any atom is 0.319 e. The number of amides is 3. The Bertz CT molecular complexity index is 557. The second kappa shape index (κ2) is 8.17. The molecule has 0 unspecified atom stereocenters. The number of hydrogen-bond donors (Lipinski definition) is 2. The summed E-state index contributed by atoms with van der Waals surface area (Å²) >= 11 is 5.89. The number of likely N-dealkylation sites (tertiary alicyclic amines) is 1.